The summed E-state index contributed by atoms with van der Waals surface area (Å²) in [4.78, 5) is 12.1. The van der Waals surface area contributed by atoms with Crippen LogP contribution in [0.4, 0.5) is 0 Å². The molecule has 5 nitrogen and oxygen atoms in total. The predicted octanol–water partition coefficient (Wildman–Crippen LogP) is 3.06. The van der Waals surface area contributed by atoms with Crippen molar-refractivity contribution in [2.75, 3.05) is 7.11 Å². The van der Waals surface area contributed by atoms with Crippen LogP contribution >= 0.6 is 0 Å². The highest BCUT2D eigenvalue weighted by atomic mass is 16.5. The second kappa shape index (κ2) is 7.17. The summed E-state index contributed by atoms with van der Waals surface area (Å²) < 4.78 is 7.06. The molecule has 24 heavy (non-hydrogen) atoms. The Morgan fingerprint density at radius 3 is 2.88 bits per heavy atom. The monoisotopic (exact) mass is 323 g/mol. The zero-order valence-electron chi connectivity index (χ0n) is 14.0. The molecule has 0 atom stereocenters. The second-order valence-electron chi connectivity index (χ2n) is 5.75. The van der Waals surface area contributed by atoms with E-state index in [1.54, 1.807) is 13.3 Å². The number of aromatic nitrogens is 2. The Morgan fingerprint density at radius 2 is 2.08 bits per heavy atom. The molecule has 3 aromatic rings. The normalized spacial score (nSPS) is 10.8. The summed E-state index contributed by atoms with van der Waals surface area (Å²) >= 11 is 0. The molecular formula is C19H21N3O2. The molecule has 0 aliphatic rings. The Balaban J connectivity index is 1.57. The summed E-state index contributed by atoms with van der Waals surface area (Å²) in [6.07, 6.45) is 2.19. The van der Waals surface area contributed by atoms with Gasteiger partial charge in [0, 0.05) is 18.4 Å². The van der Waals surface area contributed by atoms with Gasteiger partial charge in [-0.2, -0.15) is 5.10 Å². The molecule has 1 heterocycles. The van der Waals surface area contributed by atoms with E-state index in [2.05, 4.69) is 10.4 Å². The van der Waals surface area contributed by atoms with Gasteiger partial charge in [-0.25, -0.2) is 0 Å². The van der Waals surface area contributed by atoms with Gasteiger partial charge < -0.3 is 10.1 Å². The third-order valence-corrected chi connectivity index (χ3v) is 4.14. The zero-order chi connectivity index (χ0) is 16.9. The van der Waals surface area contributed by atoms with Crippen molar-refractivity contribution in [2.45, 2.75) is 26.4 Å². The highest BCUT2D eigenvalue weighted by Crippen LogP contribution is 2.20. The Hall–Kier alpha value is -2.82. The van der Waals surface area contributed by atoms with Gasteiger partial charge in [-0.1, -0.05) is 24.3 Å². The fourth-order valence-electron chi connectivity index (χ4n) is 2.67. The van der Waals surface area contributed by atoms with Gasteiger partial charge in [0.05, 0.1) is 25.4 Å². The van der Waals surface area contributed by atoms with Crippen LogP contribution in [0.1, 0.15) is 17.5 Å². The van der Waals surface area contributed by atoms with E-state index in [1.807, 2.05) is 54.1 Å². The van der Waals surface area contributed by atoms with E-state index >= 15 is 0 Å². The number of rotatable bonds is 6. The van der Waals surface area contributed by atoms with E-state index in [0.717, 1.165) is 22.2 Å². The smallest absolute Gasteiger partial charge is 0.222 e. The number of nitrogens with zero attached hydrogens (tertiary/aromatic N) is 2. The van der Waals surface area contributed by atoms with Crippen molar-refractivity contribution in [1.29, 1.82) is 0 Å². The molecule has 5 heteroatoms. The van der Waals surface area contributed by atoms with Crippen LogP contribution in [0, 0.1) is 6.92 Å². The van der Waals surface area contributed by atoms with Crippen LogP contribution in [0.25, 0.3) is 10.9 Å². The van der Waals surface area contributed by atoms with Crippen LogP contribution in [0.15, 0.2) is 48.7 Å². The van der Waals surface area contributed by atoms with Crippen molar-refractivity contribution in [3.8, 4) is 5.75 Å². The van der Waals surface area contributed by atoms with Crippen molar-refractivity contribution in [2.24, 2.45) is 0 Å². The highest BCUT2D eigenvalue weighted by Gasteiger charge is 2.07. The fraction of sp³-hybridized carbons (Fsp3) is 0.263. The topological polar surface area (TPSA) is 56.2 Å². The lowest BCUT2D eigenvalue weighted by atomic mass is 10.1. The third-order valence-electron chi connectivity index (χ3n) is 4.14. The van der Waals surface area contributed by atoms with Gasteiger partial charge in [-0.05, 0) is 36.2 Å². The molecular weight excluding hydrogens is 302 g/mol. The van der Waals surface area contributed by atoms with Crippen molar-refractivity contribution in [3.63, 3.8) is 0 Å². The van der Waals surface area contributed by atoms with Gasteiger partial charge in [-0.15, -0.1) is 0 Å². The molecule has 1 amide bonds. The number of fused-ring (bicyclic) bond motifs is 1. The summed E-state index contributed by atoms with van der Waals surface area (Å²) in [5, 5.41) is 8.33. The van der Waals surface area contributed by atoms with Gasteiger partial charge >= 0.3 is 0 Å². The third kappa shape index (κ3) is 3.56. The van der Waals surface area contributed by atoms with Crippen LogP contribution in [-0.2, 0) is 17.9 Å². The Morgan fingerprint density at radius 1 is 1.25 bits per heavy atom. The van der Waals surface area contributed by atoms with Crippen molar-refractivity contribution in [1.82, 2.24) is 15.1 Å². The van der Waals surface area contributed by atoms with Crippen LogP contribution in [0.5, 0.6) is 5.75 Å². The lowest BCUT2D eigenvalue weighted by Crippen LogP contribution is -2.24. The van der Waals surface area contributed by atoms with E-state index in [9.17, 15) is 4.79 Å². The van der Waals surface area contributed by atoms with Gasteiger partial charge in [0.1, 0.15) is 5.75 Å². The SMILES string of the molecule is COc1ccc2c(cnn2CCC(=O)NCc2ccccc2C)c1. The average molecular weight is 323 g/mol. The van der Waals surface area contributed by atoms with E-state index in [-0.39, 0.29) is 5.91 Å². The summed E-state index contributed by atoms with van der Waals surface area (Å²) in [6, 6.07) is 13.9. The molecule has 0 radical (unpaired) electrons. The van der Waals surface area contributed by atoms with Crippen LogP contribution in [0.2, 0.25) is 0 Å². The first-order valence-corrected chi connectivity index (χ1v) is 7.98. The molecule has 124 valence electrons. The first-order valence-electron chi connectivity index (χ1n) is 7.98. The molecule has 0 spiro atoms. The molecule has 0 bridgehead atoms. The fourth-order valence-corrected chi connectivity index (χ4v) is 2.67. The lowest BCUT2D eigenvalue weighted by molar-refractivity contribution is -0.121. The number of benzene rings is 2. The molecule has 1 aromatic heterocycles. The molecule has 0 aliphatic carbocycles. The average Bonchev–Trinajstić information content (AvgIpc) is 3.01. The van der Waals surface area contributed by atoms with E-state index in [0.29, 0.717) is 19.5 Å². The zero-order valence-corrected chi connectivity index (χ0v) is 14.0. The first kappa shape index (κ1) is 16.1. The summed E-state index contributed by atoms with van der Waals surface area (Å²) in [5.74, 6) is 0.827. The Labute approximate surface area is 141 Å². The van der Waals surface area contributed by atoms with Crippen LogP contribution in [0.3, 0.4) is 0 Å². The standard InChI is InChI=1S/C19H21N3O2/c1-14-5-3-4-6-15(14)12-20-19(23)9-10-22-18-8-7-17(24-2)11-16(18)13-21-22/h3-8,11,13H,9-10,12H2,1-2H3,(H,20,23). The van der Waals surface area contributed by atoms with Gasteiger partial charge in [-0.3, -0.25) is 9.48 Å². The predicted molar refractivity (Wildman–Crippen MR) is 93.9 cm³/mol. The molecule has 0 saturated carbocycles. The quantitative estimate of drug-likeness (QED) is 0.758. The number of hydrogen-bond donors (Lipinski definition) is 1. The number of amides is 1. The number of carbonyl (C=O) groups is 1. The highest BCUT2D eigenvalue weighted by molar-refractivity contribution is 5.80. The summed E-state index contributed by atoms with van der Waals surface area (Å²) in [7, 11) is 1.64. The van der Waals surface area contributed by atoms with E-state index < -0.39 is 0 Å². The minimum absolute atomic E-state index is 0.0235. The van der Waals surface area contributed by atoms with Crippen LogP contribution < -0.4 is 10.1 Å². The number of nitrogens with one attached hydrogen (secondary N) is 1. The molecule has 0 fully saturated rings. The molecule has 0 unspecified atom stereocenters. The largest absolute Gasteiger partial charge is 0.497 e. The first-order chi connectivity index (χ1) is 11.7. The Kier molecular flexibility index (Phi) is 4.79. The number of ether oxygens (including phenoxy) is 1. The van der Waals surface area contributed by atoms with Gasteiger partial charge in [0.25, 0.3) is 0 Å². The molecule has 2 aromatic carbocycles. The maximum Gasteiger partial charge on any atom is 0.222 e. The molecule has 0 aliphatic heterocycles. The second-order valence-corrected chi connectivity index (χ2v) is 5.75. The minimum atomic E-state index is 0.0235. The number of methoxy groups -OCH3 is 1. The number of carbonyl (C=O) groups excluding carboxylic acids is 1. The van der Waals surface area contributed by atoms with E-state index in [4.69, 9.17) is 4.74 Å². The molecule has 1 N–H and O–H groups in total. The summed E-state index contributed by atoms with van der Waals surface area (Å²) in [5.41, 5.74) is 3.33. The van der Waals surface area contributed by atoms with Crippen LogP contribution in [-0.4, -0.2) is 22.8 Å². The van der Waals surface area contributed by atoms with Crippen molar-refractivity contribution in [3.05, 3.63) is 59.8 Å². The maximum absolute atomic E-state index is 12.1. The van der Waals surface area contributed by atoms with Crippen molar-refractivity contribution >= 4 is 16.8 Å². The van der Waals surface area contributed by atoms with Crippen molar-refractivity contribution < 1.29 is 9.53 Å². The summed E-state index contributed by atoms with van der Waals surface area (Å²) in [6.45, 7) is 3.16. The van der Waals surface area contributed by atoms with E-state index in [1.165, 1.54) is 5.56 Å². The Bertz CT molecular complexity index is 855. The molecule has 0 saturated heterocycles. The minimum Gasteiger partial charge on any atom is -0.497 e. The number of aryl methyl sites for hydroxylation is 2. The maximum atomic E-state index is 12.1. The van der Waals surface area contributed by atoms with Gasteiger partial charge in [0.2, 0.25) is 5.91 Å². The number of hydrogen-bond acceptors (Lipinski definition) is 3. The van der Waals surface area contributed by atoms with Gasteiger partial charge in [0.15, 0.2) is 0 Å². The lowest BCUT2D eigenvalue weighted by Gasteiger charge is -2.08. The molecule has 3 rings (SSSR count).